The van der Waals surface area contributed by atoms with Crippen LogP contribution < -0.4 is 20.7 Å². The van der Waals surface area contributed by atoms with Crippen molar-refractivity contribution in [3.8, 4) is 5.75 Å². The predicted molar refractivity (Wildman–Crippen MR) is 162 cm³/mol. The monoisotopic (exact) mass is 573 g/mol. The van der Waals surface area contributed by atoms with Gasteiger partial charge >= 0.3 is 6.03 Å². The van der Waals surface area contributed by atoms with Gasteiger partial charge in [0.25, 0.3) is 5.91 Å². The normalized spacial score (nSPS) is 14.5. The van der Waals surface area contributed by atoms with Crippen LogP contribution in [0.2, 0.25) is 0 Å². The number of fused-ring (bicyclic) bond motifs is 1. The summed E-state index contributed by atoms with van der Waals surface area (Å²) < 4.78 is 7.08. The molecule has 222 valence electrons. The molecule has 3 N–H and O–H groups in total. The van der Waals surface area contributed by atoms with Crippen molar-refractivity contribution in [3.63, 3.8) is 0 Å². The third-order valence-electron chi connectivity index (χ3n) is 7.27. The van der Waals surface area contributed by atoms with Crippen molar-refractivity contribution in [1.82, 2.24) is 24.9 Å². The number of amides is 4. The van der Waals surface area contributed by atoms with Gasteiger partial charge in [0, 0.05) is 30.9 Å². The van der Waals surface area contributed by atoms with E-state index in [2.05, 4.69) is 16.0 Å². The van der Waals surface area contributed by atoms with Crippen molar-refractivity contribution in [1.29, 1.82) is 0 Å². The third kappa shape index (κ3) is 6.31. The summed E-state index contributed by atoms with van der Waals surface area (Å²) >= 11 is 0. The second-order valence-electron chi connectivity index (χ2n) is 11.0. The van der Waals surface area contributed by atoms with Crippen molar-refractivity contribution >= 4 is 29.4 Å². The first-order valence-corrected chi connectivity index (χ1v) is 13.7. The Morgan fingerprint density at radius 1 is 1.12 bits per heavy atom. The van der Waals surface area contributed by atoms with Crippen molar-refractivity contribution in [2.75, 3.05) is 38.4 Å². The van der Waals surface area contributed by atoms with Crippen LogP contribution in [0.15, 0.2) is 60.7 Å². The van der Waals surface area contributed by atoms with Crippen molar-refractivity contribution < 1.29 is 19.1 Å². The summed E-state index contributed by atoms with van der Waals surface area (Å²) in [6.45, 7) is 6.56. The molecular formula is C31H39N7O4. The molecule has 1 aliphatic heterocycles. The van der Waals surface area contributed by atoms with Crippen LogP contribution in [0.1, 0.15) is 54.0 Å². The Morgan fingerprint density at radius 3 is 2.48 bits per heavy atom. The number of methoxy groups -OCH3 is 1. The molecule has 42 heavy (non-hydrogen) atoms. The summed E-state index contributed by atoms with van der Waals surface area (Å²) in [5.74, 6) is 0.118. The fraction of sp³-hybridized carbons (Fsp3) is 0.355. The standard InChI is InChI=1S/C31H39N7O4/c1-8-12-26(39)32-21-15-16-22(25(17-21)42-7)29(40)34-28-23-18-38(31(2,3)27(23)35-37(28)6)30(41)33-24(19-36(4)5)20-13-10-9-11-14-20/h8-17,24H,18-19H2,1-7H3,(H,32,39)(H,33,41)(H,34,40)/b12-8+/t24-/m1/s1. The van der Waals surface area contributed by atoms with Crippen molar-refractivity contribution in [2.24, 2.45) is 7.05 Å². The fourth-order valence-electron chi connectivity index (χ4n) is 5.15. The zero-order chi connectivity index (χ0) is 30.6. The van der Waals surface area contributed by atoms with Gasteiger partial charge in [-0.25, -0.2) is 4.79 Å². The Hall–Kier alpha value is -4.64. The Kier molecular flexibility index (Phi) is 9.01. The van der Waals surface area contributed by atoms with E-state index in [0.29, 0.717) is 29.5 Å². The van der Waals surface area contributed by atoms with Gasteiger partial charge in [-0.15, -0.1) is 0 Å². The molecule has 0 bridgehead atoms. The number of nitrogens with one attached hydrogen (secondary N) is 3. The summed E-state index contributed by atoms with van der Waals surface area (Å²) in [7, 11) is 7.16. The average Bonchev–Trinajstić information content (AvgIpc) is 3.40. The number of aromatic nitrogens is 2. The highest BCUT2D eigenvalue weighted by Crippen LogP contribution is 2.41. The molecule has 11 heteroatoms. The SMILES string of the molecule is C/C=C/C(=O)Nc1ccc(C(=O)Nc2c3c(nn2C)C(C)(C)N(C(=O)N[C@H](CN(C)C)c2ccccc2)C3)c(OC)c1. The average molecular weight is 574 g/mol. The Morgan fingerprint density at radius 2 is 1.83 bits per heavy atom. The van der Waals surface area contributed by atoms with E-state index in [0.717, 1.165) is 11.1 Å². The predicted octanol–water partition coefficient (Wildman–Crippen LogP) is 4.26. The molecule has 4 amide bonds. The lowest BCUT2D eigenvalue weighted by atomic mass is 10.0. The van der Waals surface area contributed by atoms with E-state index < -0.39 is 11.4 Å². The zero-order valence-electron chi connectivity index (χ0n) is 25.2. The number of rotatable bonds is 9. The number of urea groups is 1. The zero-order valence-corrected chi connectivity index (χ0v) is 25.2. The van der Waals surface area contributed by atoms with E-state index in [-0.39, 0.29) is 30.1 Å². The third-order valence-corrected chi connectivity index (χ3v) is 7.27. The van der Waals surface area contributed by atoms with Gasteiger partial charge in [0.2, 0.25) is 5.91 Å². The fourth-order valence-corrected chi connectivity index (χ4v) is 5.15. The number of benzene rings is 2. The van der Waals surface area contributed by atoms with E-state index in [1.165, 1.54) is 13.2 Å². The molecule has 0 saturated heterocycles. The lowest BCUT2D eigenvalue weighted by Gasteiger charge is -2.34. The van der Waals surface area contributed by atoms with Gasteiger partial charge in [0.1, 0.15) is 11.6 Å². The Balaban J connectivity index is 1.55. The van der Waals surface area contributed by atoms with Gasteiger partial charge in [-0.1, -0.05) is 36.4 Å². The van der Waals surface area contributed by atoms with Crippen LogP contribution in [-0.2, 0) is 23.9 Å². The number of anilines is 2. The second kappa shape index (κ2) is 12.5. The lowest BCUT2D eigenvalue weighted by Crippen LogP contribution is -2.48. The number of likely N-dealkylation sites (N-methyl/N-ethyl adjacent to an activating group) is 1. The Bertz CT molecular complexity index is 1490. The van der Waals surface area contributed by atoms with Crippen LogP contribution in [0.5, 0.6) is 5.75 Å². The number of carbonyl (C=O) groups is 3. The number of carbonyl (C=O) groups excluding carboxylic acids is 3. The Labute approximate surface area is 246 Å². The maximum atomic E-state index is 13.7. The summed E-state index contributed by atoms with van der Waals surface area (Å²) in [5.41, 5.74) is 2.57. The van der Waals surface area contributed by atoms with E-state index in [4.69, 9.17) is 9.84 Å². The van der Waals surface area contributed by atoms with Crippen molar-refractivity contribution in [3.05, 3.63) is 83.1 Å². The molecule has 1 aliphatic rings. The molecule has 1 atom stereocenters. The molecule has 0 unspecified atom stereocenters. The highest BCUT2D eigenvalue weighted by Gasteiger charge is 2.45. The van der Waals surface area contributed by atoms with Gasteiger partial charge in [0.15, 0.2) is 0 Å². The summed E-state index contributed by atoms with van der Waals surface area (Å²) in [5, 5.41) is 13.6. The minimum absolute atomic E-state index is 0.207. The molecule has 0 fully saturated rings. The van der Waals surface area contributed by atoms with Crippen LogP contribution in [0.4, 0.5) is 16.3 Å². The molecule has 0 aliphatic carbocycles. The van der Waals surface area contributed by atoms with Gasteiger partial charge in [-0.3, -0.25) is 14.3 Å². The molecule has 0 spiro atoms. The van der Waals surface area contributed by atoms with E-state index in [1.54, 1.807) is 47.8 Å². The molecule has 0 saturated carbocycles. The van der Waals surface area contributed by atoms with Crippen LogP contribution >= 0.6 is 0 Å². The number of allylic oxidation sites excluding steroid dienone is 1. The first-order chi connectivity index (χ1) is 20.0. The van der Waals surface area contributed by atoms with Gasteiger partial charge in [-0.05, 0) is 58.6 Å². The molecule has 0 radical (unpaired) electrons. The molecule has 11 nitrogen and oxygen atoms in total. The van der Waals surface area contributed by atoms with Crippen molar-refractivity contribution in [2.45, 2.75) is 38.9 Å². The minimum Gasteiger partial charge on any atom is -0.496 e. The smallest absolute Gasteiger partial charge is 0.319 e. The highest BCUT2D eigenvalue weighted by atomic mass is 16.5. The minimum atomic E-state index is -0.718. The summed E-state index contributed by atoms with van der Waals surface area (Å²) in [6.07, 6.45) is 3.05. The maximum absolute atomic E-state index is 13.7. The molecule has 2 heterocycles. The first-order valence-electron chi connectivity index (χ1n) is 13.7. The number of ether oxygens (including phenoxy) is 1. The summed E-state index contributed by atoms with van der Waals surface area (Å²) in [4.78, 5) is 42.8. The van der Waals surface area contributed by atoms with Gasteiger partial charge in [0.05, 0.1) is 36.5 Å². The molecule has 2 aromatic carbocycles. The lowest BCUT2D eigenvalue weighted by molar-refractivity contribution is -0.111. The van der Waals surface area contributed by atoms with E-state index >= 15 is 0 Å². The van der Waals surface area contributed by atoms with Crippen LogP contribution in [0, 0.1) is 0 Å². The number of hydrogen-bond acceptors (Lipinski definition) is 6. The first kappa shape index (κ1) is 30.3. The topological polar surface area (TPSA) is 121 Å². The highest BCUT2D eigenvalue weighted by molar-refractivity contribution is 6.07. The molecular weight excluding hydrogens is 534 g/mol. The van der Waals surface area contributed by atoms with Crippen LogP contribution in [-0.4, -0.2) is 65.2 Å². The number of aryl methyl sites for hydroxylation is 1. The molecule has 1 aromatic heterocycles. The largest absolute Gasteiger partial charge is 0.496 e. The van der Waals surface area contributed by atoms with Gasteiger partial charge < -0.3 is 30.5 Å². The molecule has 4 rings (SSSR count). The molecule has 3 aromatic rings. The van der Waals surface area contributed by atoms with Gasteiger partial charge in [-0.2, -0.15) is 5.10 Å². The maximum Gasteiger partial charge on any atom is 0.319 e. The van der Waals surface area contributed by atoms with Crippen LogP contribution in [0.25, 0.3) is 0 Å². The number of hydrogen-bond donors (Lipinski definition) is 3. The van der Waals surface area contributed by atoms with E-state index in [9.17, 15) is 14.4 Å². The summed E-state index contributed by atoms with van der Waals surface area (Å²) in [6, 6.07) is 14.3. The van der Waals surface area contributed by atoms with E-state index in [1.807, 2.05) is 63.2 Å². The van der Waals surface area contributed by atoms with Crippen LogP contribution in [0.3, 0.4) is 0 Å². The quantitative estimate of drug-likeness (QED) is 0.329. The second-order valence-corrected chi connectivity index (χ2v) is 11.0. The number of nitrogens with zero attached hydrogens (tertiary/aromatic N) is 4.